The van der Waals surface area contributed by atoms with Crippen LogP contribution in [0.15, 0.2) is 48.5 Å². The van der Waals surface area contributed by atoms with Crippen molar-refractivity contribution in [3.63, 3.8) is 0 Å². The number of pyridine rings is 1. The van der Waals surface area contributed by atoms with Crippen LogP contribution in [-0.4, -0.2) is 35.9 Å². The number of fused-ring (bicyclic) bond motifs is 1. The van der Waals surface area contributed by atoms with Crippen molar-refractivity contribution in [2.75, 3.05) is 30.7 Å². The van der Waals surface area contributed by atoms with Crippen molar-refractivity contribution in [1.29, 1.82) is 0 Å². The highest BCUT2D eigenvalue weighted by molar-refractivity contribution is 5.94. The van der Waals surface area contributed by atoms with Gasteiger partial charge < -0.3 is 20.7 Å². The van der Waals surface area contributed by atoms with Gasteiger partial charge >= 0.3 is 6.36 Å². The summed E-state index contributed by atoms with van der Waals surface area (Å²) >= 11 is 0. The third-order valence-corrected chi connectivity index (χ3v) is 5.74. The van der Waals surface area contributed by atoms with Gasteiger partial charge in [0.2, 0.25) is 0 Å². The predicted molar refractivity (Wildman–Crippen MR) is 121 cm³/mol. The minimum absolute atomic E-state index is 0.268. The van der Waals surface area contributed by atoms with E-state index in [0.29, 0.717) is 17.2 Å². The number of alkyl halides is 3. The molecule has 0 aliphatic carbocycles. The number of nitrogen functional groups attached to an aromatic ring is 1. The Morgan fingerprint density at radius 1 is 1.00 bits per heavy atom. The number of rotatable bonds is 7. The van der Waals surface area contributed by atoms with E-state index in [2.05, 4.69) is 15.0 Å². The Bertz CT molecular complexity index is 1050. The van der Waals surface area contributed by atoms with Crippen molar-refractivity contribution < 1.29 is 17.9 Å². The highest BCUT2D eigenvalue weighted by Gasteiger charge is 2.31. The van der Waals surface area contributed by atoms with Crippen LogP contribution < -0.4 is 15.8 Å². The summed E-state index contributed by atoms with van der Waals surface area (Å²) in [7, 11) is 0. The summed E-state index contributed by atoms with van der Waals surface area (Å²) in [5.74, 6) is 0.361. The molecule has 1 aromatic heterocycles. The average Bonchev–Trinajstić information content (AvgIpc) is 2.77. The van der Waals surface area contributed by atoms with Crippen LogP contribution in [0, 0.1) is 0 Å². The molecule has 4 rings (SSSR count). The molecule has 5 nitrogen and oxygen atoms in total. The second-order valence-electron chi connectivity index (χ2n) is 8.07. The standard InChI is InChI=1S/C24H27F3N4O/c25-24(26,27)32-18-12-10-17(11-13-18)29-23-20(8-6-16-31-14-4-1-5-15-31)22(28)19-7-2-3-9-21(19)30-23/h2-3,7,9-13H,1,4-6,8,14-16H2,(H3,28,29,30). The van der Waals surface area contributed by atoms with Crippen molar-refractivity contribution in [3.8, 4) is 5.75 Å². The number of nitrogens with one attached hydrogen (secondary N) is 1. The maximum absolute atomic E-state index is 12.4. The highest BCUT2D eigenvalue weighted by atomic mass is 19.4. The SMILES string of the molecule is Nc1c(CCCN2CCCCC2)c(Nc2ccc(OC(F)(F)F)cc2)nc2ccccc12. The molecular weight excluding hydrogens is 417 g/mol. The molecule has 2 aromatic carbocycles. The largest absolute Gasteiger partial charge is 0.573 e. The normalized spacial score (nSPS) is 15.1. The molecule has 1 aliphatic rings. The molecule has 0 saturated carbocycles. The van der Waals surface area contributed by atoms with Crippen molar-refractivity contribution in [2.45, 2.75) is 38.5 Å². The summed E-state index contributed by atoms with van der Waals surface area (Å²) in [4.78, 5) is 7.25. The maximum Gasteiger partial charge on any atom is 0.573 e. The number of halogens is 3. The molecule has 32 heavy (non-hydrogen) atoms. The van der Waals surface area contributed by atoms with Gasteiger partial charge in [-0.1, -0.05) is 24.6 Å². The lowest BCUT2D eigenvalue weighted by Gasteiger charge is -2.26. The van der Waals surface area contributed by atoms with Gasteiger partial charge in [-0.3, -0.25) is 0 Å². The van der Waals surface area contributed by atoms with Gasteiger partial charge in [0.1, 0.15) is 11.6 Å². The van der Waals surface area contributed by atoms with Gasteiger partial charge in [0.25, 0.3) is 0 Å². The average molecular weight is 445 g/mol. The maximum atomic E-state index is 12.4. The summed E-state index contributed by atoms with van der Waals surface area (Å²) in [6.07, 6.45) is 0.805. The lowest BCUT2D eigenvalue weighted by atomic mass is 10.0. The van der Waals surface area contributed by atoms with E-state index in [9.17, 15) is 13.2 Å². The number of aromatic nitrogens is 1. The van der Waals surface area contributed by atoms with E-state index < -0.39 is 6.36 Å². The smallest absolute Gasteiger partial charge is 0.406 e. The Labute approximate surface area is 185 Å². The molecule has 170 valence electrons. The van der Waals surface area contributed by atoms with Gasteiger partial charge in [-0.2, -0.15) is 0 Å². The summed E-state index contributed by atoms with van der Waals surface area (Å²) in [6.45, 7) is 3.29. The van der Waals surface area contributed by atoms with E-state index in [0.717, 1.165) is 48.9 Å². The summed E-state index contributed by atoms with van der Waals surface area (Å²) in [5.41, 5.74) is 9.54. The van der Waals surface area contributed by atoms with Gasteiger partial charge in [-0.15, -0.1) is 13.2 Å². The van der Waals surface area contributed by atoms with Gasteiger partial charge in [0.15, 0.2) is 0 Å². The number of ether oxygens (including phenoxy) is 1. The molecule has 1 saturated heterocycles. The zero-order valence-electron chi connectivity index (χ0n) is 17.8. The number of likely N-dealkylation sites (tertiary alicyclic amines) is 1. The number of para-hydroxylation sites is 1. The first-order valence-corrected chi connectivity index (χ1v) is 10.9. The fourth-order valence-electron chi connectivity index (χ4n) is 4.17. The van der Waals surface area contributed by atoms with E-state index in [-0.39, 0.29) is 5.75 Å². The summed E-state index contributed by atoms with van der Waals surface area (Å²) in [6, 6.07) is 13.3. The van der Waals surface area contributed by atoms with Crippen LogP contribution in [0.5, 0.6) is 5.75 Å². The van der Waals surface area contributed by atoms with Crippen molar-refractivity contribution in [2.24, 2.45) is 0 Å². The Morgan fingerprint density at radius 3 is 2.44 bits per heavy atom. The molecule has 0 bridgehead atoms. The molecule has 0 unspecified atom stereocenters. The minimum atomic E-state index is -4.72. The topological polar surface area (TPSA) is 63.4 Å². The molecule has 0 spiro atoms. The van der Waals surface area contributed by atoms with E-state index >= 15 is 0 Å². The van der Waals surface area contributed by atoms with Gasteiger partial charge in [0.05, 0.1) is 5.52 Å². The third kappa shape index (κ3) is 5.62. The zero-order chi connectivity index (χ0) is 22.6. The first-order chi connectivity index (χ1) is 15.4. The van der Waals surface area contributed by atoms with Crippen LogP contribution in [0.25, 0.3) is 10.9 Å². The number of hydrogen-bond acceptors (Lipinski definition) is 5. The van der Waals surface area contributed by atoms with Crippen molar-refractivity contribution >= 4 is 28.1 Å². The monoisotopic (exact) mass is 444 g/mol. The van der Waals surface area contributed by atoms with Crippen LogP contribution in [0.2, 0.25) is 0 Å². The Morgan fingerprint density at radius 2 is 1.72 bits per heavy atom. The predicted octanol–water partition coefficient (Wildman–Crippen LogP) is 5.88. The number of nitrogens with zero attached hydrogens (tertiary/aromatic N) is 2. The number of benzene rings is 2. The lowest BCUT2D eigenvalue weighted by molar-refractivity contribution is -0.274. The van der Waals surface area contributed by atoms with Crippen LogP contribution >= 0.6 is 0 Å². The second-order valence-corrected chi connectivity index (χ2v) is 8.07. The molecule has 0 radical (unpaired) electrons. The first kappa shape index (κ1) is 22.2. The number of anilines is 3. The van der Waals surface area contributed by atoms with Gasteiger partial charge in [-0.25, -0.2) is 4.98 Å². The van der Waals surface area contributed by atoms with Crippen LogP contribution in [-0.2, 0) is 6.42 Å². The number of piperidine rings is 1. The Hall–Kier alpha value is -3.00. The molecule has 8 heteroatoms. The highest BCUT2D eigenvalue weighted by Crippen LogP contribution is 2.32. The first-order valence-electron chi connectivity index (χ1n) is 10.9. The second kappa shape index (κ2) is 9.65. The lowest BCUT2D eigenvalue weighted by Crippen LogP contribution is -2.30. The zero-order valence-corrected chi connectivity index (χ0v) is 17.8. The minimum Gasteiger partial charge on any atom is -0.406 e. The third-order valence-electron chi connectivity index (χ3n) is 5.74. The van der Waals surface area contributed by atoms with Crippen molar-refractivity contribution in [1.82, 2.24) is 9.88 Å². The number of hydrogen-bond donors (Lipinski definition) is 2. The summed E-state index contributed by atoms with van der Waals surface area (Å²) < 4.78 is 41.2. The number of nitrogens with two attached hydrogens (primary N) is 1. The van der Waals surface area contributed by atoms with E-state index in [1.165, 1.54) is 43.5 Å². The van der Waals surface area contributed by atoms with Gasteiger partial charge in [-0.05, 0) is 75.6 Å². The van der Waals surface area contributed by atoms with Crippen LogP contribution in [0.1, 0.15) is 31.2 Å². The van der Waals surface area contributed by atoms with Crippen LogP contribution in [0.3, 0.4) is 0 Å². The Balaban J connectivity index is 1.55. The molecule has 3 N–H and O–H groups in total. The molecule has 3 aromatic rings. The molecule has 0 amide bonds. The molecule has 1 fully saturated rings. The molecular formula is C24H27F3N4O. The summed E-state index contributed by atoms with van der Waals surface area (Å²) in [5, 5.41) is 4.15. The Kier molecular flexibility index (Phi) is 6.69. The molecule has 1 aliphatic heterocycles. The molecule has 2 heterocycles. The fraction of sp³-hybridized carbons (Fsp3) is 0.375. The van der Waals surface area contributed by atoms with E-state index in [1.807, 2.05) is 24.3 Å². The quantitative estimate of drug-likeness (QED) is 0.477. The van der Waals surface area contributed by atoms with Crippen LogP contribution in [0.4, 0.5) is 30.4 Å². The van der Waals surface area contributed by atoms with E-state index in [1.54, 1.807) is 0 Å². The fourth-order valence-corrected chi connectivity index (χ4v) is 4.17. The molecule has 0 atom stereocenters. The van der Waals surface area contributed by atoms with Crippen molar-refractivity contribution in [3.05, 3.63) is 54.1 Å². The van der Waals surface area contributed by atoms with E-state index in [4.69, 9.17) is 10.7 Å². The van der Waals surface area contributed by atoms with Gasteiger partial charge in [0, 0.05) is 22.3 Å².